The Bertz CT molecular complexity index is 719. The predicted octanol–water partition coefficient (Wildman–Crippen LogP) is 1.30. The average Bonchev–Trinajstić information content (AvgIpc) is 2.39. The molecule has 1 aromatic carbocycles. The second-order valence-electron chi connectivity index (χ2n) is 4.28. The SMILES string of the molecule is Cn1cc(CNc2cccc(I)c2)c(=O)n(C)c1=O. The van der Waals surface area contributed by atoms with E-state index >= 15 is 0 Å². The fourth-order valence-electron chi connectivity index (χ4n) is 1.80. The summed E-state index contributed by atoms with van der Waals surface area (Å²) in [4.78, 5) is 23.5. The van der Waals surface area contributed by atoms with Crippen molar-refractivity contribution in [3.63, 3.8) is 0 Å². The first-order chi connectivity index (χ1) is 8.99. The van der Waals surface area contributed by atoms with Crippen molar-refractivity contribution in [1.82, 2.24) is 9.13 Å². The summed E-state index contributed by atoms with van der Waals surface area (Å²) < 4.78 is 3.65. The van der Waals surface area contributed by atoms with Crippen LogP contribution in [0.3, 0.4) is 0 Å². The molecule has 0 aliphatic rings. The summed E-state index contributed by atoms with van der Waals surface area (Å²) in [5, 5.41) is 3.18. The fraction of sp³-hybridized carbons (Fsp3) is 0.231. The van der Waals surface area contributed by atoms with Gasteiger partial charge in [-0.3, -0.25) is 9.36 Å². The van der Waals surface area contributed by atoms with Crippen molar-refractivity contribution < 1.29 is 0 Å². The van der Waals surface area contributed by atoms with Gasteiger partial charge in [-0.1, -0.05) is 6.07 Å². The molecule has 2 rings (SSSR count). The van der Waals surface area contributed by atoms with Crippen LogP contribution in [0.1, 0.15) is 5.56 Å². The van der Waals surface area contributed by atoms with E-state index < -0.39 is 0 Å². The quantitative estimate of drug-likeness (QED) is 0.828. The molecule has 0 bridgehead atoms. The first-order valence-electron chi connectivity index (χ1n) is 5.74. The summed E-state index contributed by atoms with van der Waals surface area (Å²) in [5.41, 5.74) is 0.926. The average molecular weight is 371 g/mol. The van der Waals surface area contributed by atoms with Crippen molar-refractivity contribution in [3.8, 4) is 0 Å². The van der Waals surface area contributed by atoms with Crippen LogP contribution < -0.4 is 16.6 Å². The largest absolute Gasteiger partial charge is 0.381 e. The highest BCUT2D eigenvalue weighted by Crippen LogP contribution is 2.12. The number of aromatic nitrogens is 2. The second kappa shape index (κ2) is 5.60. The van der Waals surface area contributed by atoms with E-state index in [2.05, 4.69) is 27.9 Å². The molecular formula is C13H14IN3O2. The highest BCUT2D eigenvalue weighted by molar-refractivity contribution is 14.1. The van der Waals surface area contributed by atoms with Crippen molar-refractivity contribution in [2.24, 2.45) is 14.1 Å². The number of aryl methyl sites for hydroxylation is 1. The number of rotatable bonds is 3. The summed E-state index contributed by atoms with van der Waals surface area (Å²) in [6.07, 6.45) is 1.57. The normalized spacial score (nSPS) is 10.5. The van der Waals surface area contributed by atoms with Crippen LogP contribution in [0.4, 0.5) is 5.69 Å². The number of hydrogen-bond donors (Lipinski definition) is 1. The highest BCUT2D eigenvalue weighted by Gasteiger charge is 2.06. The van der Waals surface area contributed by atoms with E-state index in [0.29, 0.717) is 12.1 Å². The molecule has 1 aromatic heterocycles. The van der Waals surface area contributed by atoms with E-state index in [1.807, 2.05) is 24.3 Å². The van der Waals surface area contributed by atoms with Crippen LogP contribution in [0.5, 0.6) is 0 Å². The summed E-state index contributed by atoms with van der Waals surface area (Å²) in [6, 6.07) is 7.88. The van der Waals surface area contributed by atoms with Crippen LogP contribution >= 0.6 is 22.6 Å². The molecule has 0 saturated heterocycles. The fourth-order valence-corrected chi connectivity index (χ4v) is 2.34. The first-order valence-corrected chi connectivity index (χ1v) is 6.82. The van der Waals surface area contributed by atoms with Crippen LogP contribution in [0.25, 0.3) is 0 Å². The van der Waals surface area contributed by atoms with E-state index in [0.717, 1.165) is 13.8 Å². The van der Waals surface area contributed by atoms with Gasteiger partial charge in [0, 0.05) is 36.1 Å². The van der Waals surface area contributed by atoms with Gasteiger partial charge in [0.25, 0.3) is 5.56 Å². The monoisotopic (exact) mass is 371 g/mol. The molecule has 1 N–H and O–H groups in total. The lowest BCUT2D eigenvalue weighted by atomic mass is 10.3. The van der Waals surface area contributed by atoms with Crippen LogP contribution in [0.2, 0.25) is 0 Å². The lowest BCUT2D eigenvalue weighted by molar-refractivity contribution is 0.671. The van der Waals surface area contributed by atoms with Crippen LogP contribution in [0.15, 0.2) is 40.1 Å². The molecule has 0 radical (unpaired) electrons. The number of hydrogen-bond acceptors (Lipinski definition) is 3. The zero-order valence-electron chi connectivity index (χ0n) is 10.7. The van der Waals surface area contributed by atoms with E-state index in [9.17, 15) is 9.59 Å². The Labute approximate surface area is 124 Å². The molecule has 100 valence electrons. The molecule has 0 saturated carbocycles. The third kappa shape index (κ3) is 3.06. The second-order valence-corrected chi connectivity index (χ2v) is 5.52. The Morgan fingerprint density at radius 3 is 2.68 bits per heavy atom. The number of halogens is 1. The summed E-state index contributed by atoms with van der Waals surface area (Å²) in [7, 11) is 3.12. The molecule has 0 aliphatic carbocycles. The number of nitrogens with one attached hydrogen (secondary N) is 1. The molecule has 0 spiro atoms. The predicted molar refractivity (Wildman–Crippen MR) is 83.4 cm³/mol. The Hall–Kier alpha value is -1.57. The van der Waals surface area contributed by atoms with Gasteiger partial charge < -0.3 is 9.88 Å². The molecule has 0 unspecified atom stereocenters. The number of anilines is 1. The van der Waals surface area contributed by atoms with Gasteiger partial charge in [0.05, 0.1) is 5.56 Å². The van der Waals surface area contributed by atoms with Gasteiger partial charge in [0.1, 0.15) is 0 Å². The van der Waals surface area contributed by atoms with Crippen LogP contribution in [-0.2, 0) is 20.6 Å². The van der Waals surface area contributed by atoms with Gasteiger partial charge in [0.2, 0.25) is 0 Å². The van der Waals surface area contributed by atoms with E-state index in [1.165, 1.54) is 11.6 Å². The zero-order chi connectivity index (χ0) is 14.0. The molecule has 0 aliphatic heterocycles. The lowest BCUT2D eigenvalue weighted by Crippen LogP contribution is -2.38. The molecule has 6 heteroatoms. The number of benzene rings is 1. The van der Waals surface area contributed by atoms with Gasteiger partial charge >= 0.3 is 5.69 Å². The van der Waals surface area contributed by atoms with Crippen molar-refractivity contribution in [1.29, 1.82) is 0 Å². The molecule has 5 nitrogen and oxygen atoms in total. The molecule has 19 heavy (non-hydrogen) atoms. The number of nitrogens with zero attached hydrogens (tertiary/aromatic N) is 2. The maximum Gasteiger partial charge on any atom is 0.330 e. The van der Waals surface area contributed by atoms with Crippen LogP contribution in [-0.4, -0.2) is 9.13 Å². The van der Waals surface area contributed by atoms with E-state index in [1.54, 1.807) is 13.2 Å². The Kier molecular flexibility index (Phi) is 4.08. The highest BCUT2D eigenvalue weighted by atomic mass is 127. The zero-order valence-corrected chi connectivity index (χ0v) is 12.8. The summed E-state index contributed by atoms with van der Waals surface area (Å²) in [5.74, 6) is 0. The van der Waals surface area contributed by atoms with E-state index in [4.69, 9.17) is 0 Å². The standard InChI is InChI=1S/C13H14IN3O2/c1-16-8-9(12(18)17(2)13(16)19)7-15-11-5-3-4-10(14)6-11/h3-6,8,15H,7H2,1-2H3. The van der Waals surface area contributed by atoms with E-state index in [-0.39, 0.29) is 11.2 Å². The van der Waals surface area contributed by atoms with Gasteiger partial charge in [-0.15, -0.1) is 0 Å². The first kappa shape index (κ1) is 13.9. The molecule has 0 atom stereocenters. The van der Waals surface area contributed by atoms with Crippen molar-refractivity contribution in [3.05, 3.63) is 60.4 Å². The molecular weight excluding hydrogens is 357 g/mol. The minimum Gasteiger partial charge on any atom is -0.381 e. The smallest absolute Gasteiger partial charge is 0.330 e. The molecule has 1 heterocycles. The van der Waals surface area contributed by atoms with Gasteiger partial charge in [-0.2, -0.15) is 0 Å². The topological polar surface area (TPSA) is 56.0 Å². The van der Waals surface area contributed by atoms with Gasteiger partial charge in [-0.25, -0.2) is 4.79 Å². The van der Waals surface area contributed by atoms with Crippen molar-refractivity contribution in [2.75, 3.05) is 5.32 Å². The minimum absolute atomic E-state index is 0.263. The van der Waals surface area contributed by atoms with Crippen molar-refractivity contribution >= 4 is 28.3 Å². The third-order valence-corrected chi connectivity index (χ3v) is 3.50. The Balaban J connectivity index is 2.26. The van der Waals surface area contributed by atoms with Crippen molar-refractivity contribution in [2.45, 2.75) is 6.54 Å². The molecule has 0 amide bonds. The Morgan fingerprint density at radius 1 is 1.26 bits per heavy atom. The molecule has 2 aromatic rings. The summed E-state index contributed by atoms with van der Waals surface area (Å²) >= 11 is 2.23. The maximum atomic E-state index is 11.9. The van der Waals surface area contributed by atoms with Crippen LogP contribution in [0, 0.1) is 3.57 Å². The molecule has 0 fully saturated rings. The third-order valence-electron chi connectivity index (χ3n) is 2.83. The summed E-state index contributed by atoms with van der Waals surface area (Å²) in [6.45, 7) is 0.390. The minimum atomic E-state index is -0.317. The Morgan fingerprint density at radius 2 is 2.00 bits per heavy atom. The van der Waals surface area contributed by atoms with Gasteiger partial charge in [0.15, 0.2) is 0 Å². The lowest BCUT2D eigenvalue weighted by Gasteiger charge is -2.09. The van der Waals surface area contributed by atoms with Gasteiger partial charge in [-0.05, 0) is 40.8 Å². The maximum absolute atomic E-state index is 11.9.